The number of nitrogens with zero attached hydrogens (tertiary/aromatic N) is 1. The zero-order valence-corrected chi connectivity index (χ0v) is 17.3. The lowest BCUT2D eigenvalue weighted by atomic mass is 9.78. The largest absolute Gasteiger partial charge is 0.492 e. The molecule has 1 aliphatic heterocycles. The molecule has 1 N–H and O–H groups in total. The Morgan fingerprint density at radius 3 is 2.48 bits per heavy atom. The van der Waals surface area contributed by atoms with Crippen LogP contribution >= 0.6 is 28.3 Å². The van der Waals surface area contributed by atoms with Crippen LogP contribution in [0.3, 0.4) is 0 Å². The first kappa shape index (κ1) is 22.2. The van der Waals surface area contributed by atoms with Gasteiger partial charge in [-0.25, -0.2) is 0 Å². The van der Waals surface area contributed by atoms with Gasteiger partial charge < -0.3 is 19.7 Å². The number of hydrogen-bond donors (Lipinski definition) is 1. The summed E-state index contributed by atoms with van der Waals surface area (Å²) in [5.41, 5.74) is -0.395. The smallest absolute Gasteiger partial charge is 0.231 e. The number of amides is 1. The Labute approximate surface area is 165 Å². The van der Waals surface area contributed by atoms with Crippen LogP contribution in [0.4, 0.5) is 0 Å². The molecule has 25 heavy (non-hydrogen) atoms. The molecular formula is C18H28BrClN2O3. The molecule has 142 valence electrons. The van der Waals surface area contributed by atoms with E-state index in [1.165, 1.54) is 0 Å². The third-order valence-electron chi connectivity index (χ3n) is 4.55. The molecule has 1 heterocycles. The maximum absolute atomic E-state index is 13.1. The van der Waals surface area contributed by atoms with Crippen LogP contribution in [0, 0.1) is 5.41 Å². The van der Waals surface area contributed by atoms with E-state index in [1.54, 1.807) is 7.11 Å². The van der Waals surface area contributed by atoms with Crippen LogP contribution in [-0.4, -0.2) is 57.3 Å². The maximum atomic E-state index is 13.1. The molecule has 1 fully saturated rings. The van der Waals surface area contributed by atoms with Gasteiger partial charge in [0.25, 0.3) is 0 Å². The summed E-state index contributed by atoms with van der Waals surface area (Å²) < 4.78 is 12.2. The van der Waals surface area contributed by atoms with Gasteiger partial charge in [0.05, 0.1) is 18.6 Å². The molecule has 1 aromatic carbocycles. The minimum atomic E-state index is -0.395. The summed E-state index contributed by atoms with van der Waals surface area (Å²) in [4.78, 5) is 15.0. The highest BCUT2D eigenvalue weighted by molar-refractivity contribution is 9.10. The Morgan fingerprint density at radius 2 is 1.92 bits per heavy atom. The number of halogens is 2. The van der Waals surface area contributed by atoms with Crippen LogP contribution in [0.2, 0.25) is 0 Å². The van der Waals surface area contributed by atoms with Crippen molar-refractivity contribution in [2.75, 3.05) is 46.5 Å². The fourth-order valence-electron chi connectivity index (χ4n) is 3.14. The zero-order chi connectivity index (χ0) is 17.4. The predicted molar refractivity (Wildman–Crippen MR) is 106 cm³/mol. The van der Waals surface area contributed by atoms with Crippen molar-refractivity contribution in [3.8, 4) is 5.75 Å². The number of hydrogen-bond acceptors (Lipinski definition) is 4. The molecule has 0 unspecified atom stereocenters. The quantitative estimate of drug-likeness (QED) is 0.682. The lowest BCUT2D eigenvalue weighted by Gasteiger charge is -2.39. The molecule has 0 aromatic heterocycles. The van der Waals surface area contributed by atoms with Crippen molar-refractivity contribution in [2.24, 2.45) is 5.41 Å². The molecule has 0 bridgehead atoms. The van der Waals surface area contributed by atoms with E-state index in [1.807, 2.05) is 36.1 Å². The van der Waals surface area contributed by atoms with Gasteiger partial charge in [-0.05, 0) is 57.1 Å². The summed E-state index contributed by atoms with van der Waals surface area (Å²) in [5, 5.41) is 3.32. The summed E-state index contributed by atoms with van der Waals surface area (Å²) in [6.45, 7) is 5.98. The summed E-state index contributed by atoms with van der Waals surface area (Å²) in [7, 11) is 1.67. The number of piperidine rings is 1. The third kappa shape index (κ3) is 6.13. The van der Waals surface area contributed by atoms with Crippen LogP contribution in [0.15, 0.2) is 28.7 Å². The number of carbonyl (C=O) groups excluding carboxylic acids is 1. The normalized spacial score (nSPS) is 16.0. The van der Waals surface area contributed by atoms with E-state index in [-0.39, 0.29) is 18.3 Å². The molecule has 0 spiro atoms. The molecule has 2 rings (SSSR count). The van der Waals surface area contributed by atoms with Crippen molar-refractivity contribution in [3.05, 3.63) is 28.7 Å². The second kappa shape index (κ2) is 11.0. The summed E-state index contributed by atoms with van der Waals surface area (Å²) in [6.07, 6.45) is 1.65. The number of ether oxygens (including phenoxy) is 2. The second-order valence-electron chi connectivity index (χ2n) is 6.15. The van der Waals surface area contributed by atoms with E-state index in [4.69, 9.17) is 9.47 Å². The first-order valence-electron chi connectivity index (χ1n) is 8.49. The van der Waals surface area contributed by atoms with Crippen LogP contribution < -0.4 is 10.1 Å². The highest BCUT2D eigenvalue weighted by atomic mass is 79.9. The topological polar surface area (TPSA) is 50.8 Å². The molecule has 0 radical (unpaired) electrons. The number of likely N-dealkylation sites (N-methyl/N-ethyl adjacent to an activating group) is 1. The van der Waals surface area contributed by atoms with Gasteiger partial charge in [0.15, 0.2) is 0 Å². The minimum Gasteiger partial charge on any atom is -0.492 e. The van der Waals surface area contributed by atoms with Crippen molar-refractivity contribution in [2.45, 2.75) is 19.8 Å². The van der Waals surface area contributed by atoms with Crippen LogP contribution in [-0.2, 0) is 9.53 Å². The predicted octanol–water partition coefficient (Wildman–Crippen LogP) is 3.11. The molecular weight excluding hydrogens is 408 g/mol. The molecule has 1 aliphatic rings. The number of methoxy groups -OCH3 is 1. The van der Waals surface area contributed by atoms with Crippen LogP contribution in [0.5, 0.6) is 5.75 Å². The first-order chi connectivity index (χ1) is 11.6. The van der Waals surface area contributed by atoms with Crippen molar-refractivity contribution < 1.29 is 14.3 Å². The highest BCUT2D eigenvalue weighted by Crippen LogP contribution is 2.31. The molecule has 5 nitrogen and oxygen atoms in total. The number of rotatable bonds is 8. The van der Waals surface area contributed by atoms with Crippen LogP contribution in [0.1, 0.15) is 19.8 Å². The van der Waals surface area contributed by atoms with E-state index in [9.17, 15) is 4.79 Å². The standard InChI is InChI=1S/C18H27BrN2O3.ClH/c1-3-21(12-13-24-16-6-4-15(19)5-7-16)17(22)18(14-23-2)8-10-20-11-9-18;/h4-7,20H,3,8-14H2,1-2H3;1H. The Balaban J connectivity index is 0.00000312. The zero-order valence-electron chi connectivity index (χ0n) is 14.9. The highest BCUT2D eigenvalue weighted by Gasteiger charge is 2.41. The van der Waals surface area contributed by atoms with E-state index in [0.717, 1.165) is 36.2 Å². The number of benzene rings is 1. The number of carbonyl (C=O) groups is 1. The van der Waals surface area contributed by atoms with Gasteiger partial charge in [0.1, 0.15) is 12.4 Å². The molecule has 7 heteroatoms. The summed E-state index contributed by atoms with van der Waals surface area (Å²) >= 11 is 3.41. The van der Waals surface area contributed by atoms with Crippen molar-refractivity contribution in [1.29, 1.82) is 0 Å². The molecule has 0 atom stereocenters. The molecule has 1 aromatic rings. The average molecular weight is 436 g/mol. The minimum absolute atomic E-state index is 0. The second-order valence-corrected chi connectivity index (χ2v) is 7.07. The van der Waals surface area contributed by atoms with Gasteiger partial charge in [-0.1, -0.05) is 15.9 Å². The molecule has 0 saturated carbocycles. The van der Waals surface area contributed by atoms with E-state index in [0.29, 0.717) is 26.3 Å². The SMILES string of the molecule is CCN(CCOc1ccc(Br)cc1)C(=O)C1(COC)CCNCC1.Cl. The lowest BCUT2D eigenvalue weighted by molar-refractivity contribution is -0.147. The lowest BCUT2D eigenvalue weighted by Crippen LogP contribution is -2.52. The third-order valence-corrected chi connectivity index (χ3v) is 5.08. The van der Waals surface area contributed by atoms with Gasteiger partial charge in [0, 0.05) is 18.1 Å². The van der Waals surface area contributed by atoms with Gasteiger partial charge in [-0.3, -0.25) is 4.79 Å². The Hall–Kier alpha value is -0.820. The first-order valence-corrected chi connectivity index (χ1v) is 9.28. The van der Waals surface area contributed by atoms with E-state index in [2.05, 4.69) is 21.2 Å². The summed E-state index contributed by atoms with van der Waals surface area (Å²) in [5.74, 6) is 1.00. The molecule has 1 saturated heterocycles. The molecule has 0 aliphatic carbocycles. The van der Waals surface area contributed by atoms with Gasteiger partial charge >= 0.3 is 0 Å². The summed E-state index contributed by atoms with van der Waals surface area (Å²) in [6, 6.07) is 7.73. The monoisotopic (exact) mass is 434 g/mol. The van der Waals surface area contributed by atoms with Crippen molar-refractivity contribution in [1.82, 2.24) is 10.2 Å². The fraction of sp³-hybridized carbons (Fsp3) is 0.611. The van der Waals surface area contributed by atoms with Crippen molar-refractivity contribution in [3.63, 3.8) is 0 Å². The van der Waals surface area contributed by atoms with Crippen LogP contribution in [0.25, 0.3) is 0 Å². The Morgan fingerprint density at radius 1 is 1.28 bits per heavy atom. The number of nitrogens with one attached hydrogen (secondary N) is 1. The molecule has 1 amide bonds. The Kier molecular flexibility index (Phi) is 9.79. The van der Waals surface area contributed by atoms with Gasteiger partial charge in [-0.2, -0.15) is 0 Å². The Bertz CT molecular complexity index is 516. The van der Waals surface area contributed by atoms with Gasteiger partial charge in [-0.15, -0.1) is 12.4 Å². The van der Waals surface area contributed by atoms with E-state index < -0.39 is 5.41 Å². The maximum Gasteiger partial charge on any atom is 0.231 e. The van der Waals surface area contributed by atoms with Crippen molar-refractivity contribution >= 4 is 34.2 Å². The van der Waals surface area contributed by atoms with E-state index >= 15 is 0 Å². The average Bonchev–Trinajstić information content (AvgIpc) is 2.61. The van der Waals surface area contributed by atoms with Gasteiger partial charge in [0.2, 0.25) is 5.91 Å². The fourth-order valence-corrected chi connectivity index (χ4v) is 3.41.